The smallest absolute Gasteiger partial charge is 0.233 e. The molecule has 7 nitrogen and oxygen atoms in total. The number of hydrogen-bond donors (Lipinski definition) is 2. The monoisotopic (exact) mass is 439 g/mol. The molecule has 1 aliphatic rings. The number of nitrogens with zero attached hydrogens (tertiary/aromatic N) is 2. The lowest BCUT2D eigenvalue weighted by molar-refractivity contribution is -0.118. The average molecular weight is 440 g/mol. The van der Waals surface area contributed by atoms with Gasteiger partial charge in [0.05, 0.1) is 29.0 Å². The Morgan fingerprint density at radius 2 is 2.07 bits per heavy atom. The van der Waals surface area contributed by atoms with Gasteiger partial charge in [0, 0.05) is 18.5 Å². The minimum absolute atomic E-state index is 0.0371. The van der Waals surface area contributed by atoms with Crippen molar-refractivity contribution in [3.63, 3.8) is 0 Å². The number of benzene rings is 1. The van der Waals surface area contributed by atoms with Crippen LogP contribution in [0.2, 0.25) is 5.02 Å². The third-order valence-corrected chi connectivity index (χ3v) is 6.92. The first-order chi connectivity index (χ1) is 13.8. The summed E-state index contributed by atoms with van der Waals surface area (Å²) in [5, 5.41) is 16.2. The summed E-state index contributed by atoms with van der Waals surface area (Å²) >= 11 is 6.23. The Morgan fingerprint density at radius 3 is 2.69 bits per heavy atom. The first-order valence-corrected chi connectivity index (χ1v) is 12.0. The largest absolute Gasteiger partial charge is 0.394 e. The van der Waals surface area contributed by atoms with Crippen LogP contribution in [0.3, 0.4) is 0 Å². The van der Waals surface area contributed by atoms with Crippen LogP contribution in [0.1, 0.15) is 43.6 Å². The van der Waals surface area contributed by atoms with E-state index in [4.69, 9.17) is 16.7 Å². The van der Waals surface area contributed by atoms with E-state index in [0.717, 1.165) is 19.1 Å². The molecular formula is C20H26ClN3O4S. The Labute approximate surface area is 176 Å². The molecule has 1 aliphatic carbocycles. The van der Waals surface area contributed by atoms with Crippen LogP contribution in [0.15, 0.2) is 35.4 Å². The van der Waals surface area contributed by atoms with Crippen molar-refractivity contribution >= 4 is 33.2 Å². The molecule has 1 amide bonds. The highest BCUT2D eigenvalue weighted by Crippen LogP contribution is 2.36. The summed E-state index contributed by atoms with van der Waals surface area (Å²) in [6.45, 7) is 0.314. The van der Waals surface area contributed by atoms with E-state index in [-0.39, 0.29) is 22.4 Å². The van der Waals surface area contributed by atoms with Crippen LogP contribution in [0, 0.1) is 5.92 Å². The zero-order valence-electron chi connectivity index (χ0n) is 16.3. The van der Waals surface area contributed by atoms with Gasteiger partial charge in [0.15, 0.2) is 15.7 Å². The number of anilines is 1. The van der Waals surface area contributed by atoms with Crippen molar-refractivity contribution in [2.45, 2.75) is 49.5 Å². The van der Waals surface area contributed by atoms with Gasteiger partial charge in [0.1, 0.15) is 0 Å². The molecule has 158 valence electrons. The van der Waals surface area contributed by atoms with Crippen LogP contribution in [0.25, 0.3) is 0 Å². The lowest BCUT2D eigenvalue weighted by Gasteiger charge is -2.21. The first-order valence-electron chi connectivity index (χ1n) is 9.72. The van der Waals surface area contributed by atoms with Gasteiger partial charge in [-0.05, 0) is 30.0 Å². The number of amides is 1. The minimum atomic E-state index is -3.44. The molecule has 1 atom stereocenters. The van der Waals surface area contributed by atoms with Crippen molar-refractivity contribution in [1.29, 1.82) is 0 Å². The maximum Gasteiger partial charge on any atom is 0.233 e. The van der Waals surface area contributed by atoms with E-state index in [1.807, 2.05) is 0 Å². The fourth-order valence-corrected chi connectivity index (χ4v) is 5.21. The van der Waals surface area contributed by atoms with E-state index >= 15 is 0 Å². The summed E-state index contributed by atoms with van der Waals surface area (Å²) < 4.78 is 25.3. The molecule has 0 saturated heterocycles. The highest BCUT2D eigenvalue weighted by molar-refractivity contribution is 7.90. The quantitative estimate of drug-likeness (QED) is 0.657. The van der Waals surface area contributed by atoms with E-state index < -0.39 is 15.8 Å². The van der Waals surface area contributed by atoms with Crippen LogP contribution < -0.4 is 5.32 Å². The molecule has 0 radical (unpaired) electrons. The summed E-state index contributed by atoms with van der Waals surface area (Å²) in [6, 6.07) is 6.41. The number of halogens is 1. The Hall–Kier alpha value is -1.90. The fraction of sp³-hybridized carbons (Fsp3) is 0.500. The number of carbonyl (C=O) groups is 1. The number of carbonyl (C=O) groups excluding carboxylic acids is 1. The lowest BCUT2D eigenvalue weighted by atomic mass is 9.87. The number of sulfone groups is 1. The molecule has 1 heterocycles. The number of hydrogen-bond acceptors (Lipinski definition) is 5. The molecule has 1 aromatic carbocycles. The van der Waals surface area contributed by atoms with Crippen molar-refractivity contribution in [1.82, 2.24) is 9.78 Å². The molecule has 0 unspecified atom stereocenters. The molecule has 9 heteroatoms. The van der Waals surface area contributed by atoms with Crippen LogP contribution in [-0.2, 0) is 21.2 Å². The van der Waals surface area contributed by atoms with Gasteiger partial charge in [0.2, 0.25) is 5.91 Å². The van der Waals surface area contributed by atoms with Crippen LogP contribution in [-0.4, -0.2) is 42.1 Å². The highest BCUT2D eigenvalue weighted by atomic mass is 35.5. The number of rotatable bonds is 8. The molecule has 1 fully saturated rings. The lowest BCUT2D eigenvalue weighted by Crippen LogP contribution is -2.23. The SMILES string of the molecule is CS(=O)(=O)c1ccc([C@@H](CC2CCCC2)C(=O)Nc2ccn(CCO)n2)cc1Cl. The number of aliphatic hydroxyl groups excluding tert-OH is 1. The fourth-order valence-electron chi connectivity index (χ4n) is 3.88. The summed E-state index contributed by atoms with van der Waals surface area (Å²) in [7, 11) is -3.44. The van der Waals surface area contributed by atoms with Crippen molar-refractivity contribution in [3.05, 3.63) is 41.0 Å². The van der Waals surface area contributed by atoms with Gasteiger partial charge in [-0.1, -0.05) is 43.4 Å². The van der Waals surface area contributed by atoms with Gasteiger partial charge in [-0.2, -0.15) is 5.10 Å². The van der Waals surface area contributed by atoms with Crippen LogP contribution in [0.5, 0.6) is 0 Å². The molecule has 2 aromatic rings. The second-order valence-corrected chi connectivity index (χ2v) is 9.97. The molecule has 0 spiro atoms. The van der Waals surface area contributed by atoms with E-state index in [0.29, 0.717) is 30.3 Å². The first kappa shape index (κ1) is 21.8. The van der Waals surface area contributed by atoms with Crippen molar-refractivity contribution in [2.24, 2.45) is 5.92 Å². The third-order valence-electron chi connectivity index (χ3n) is 5.34. The second kappa shape index (κ2) is 9.28. The van der Waals surface area contributed by atoms with Gasteiger partial charge in [-0.15, -0.1) is 0 Å². The van der Waals surface area contributed by atoms with Crippen molar-refractivity contribution in [3.8, 4) is 0 Å². The summed E-state index contributed by atoms with van der Waals surface area (Å²) in [5.74, 6) is 0.214. The Bertz CT molecular complexity index is 968. The van der Waals surface area contributed by atoms with E-state index in [1.54, 1.807) is 29.1 Å². The van der Waals surface area contributed by atoms with Gasteiger partial charge in [-0.3, -0.25) is 9.48 Å². The molecular weight excluding hydrogens is 414 g/mol. The van der Waals surface area contributed by atoms with E-state index in [1.165, 1.54) is 18.9 Å². The van der Waals surface area contributed by atoms with Crippen molar-refractivity contribution < 1.29 is 18.3 Å². The Morgan fingerprint density at radius 1 is 1.34 bits per heavy atom. The van der Waals surface area contributed by atoms with Crippen LogP contribution >= 0.6 is 11.6 Å². The topological polar surface area (TPSA) is 101 Å². The normalized spacial score (nSPS) is 16.1. The zero-order valence-corrected chi connectivity index (χ0v) is 17.9. The standard InChI is InChI=1S/C20H26ClN3O4S/c1-29(27,28)18-7-6-15(13-17(18)21)16(12-14-4-2-3-5-14)20(26)22-19-8-9-24(23-19)10-11-25/h6-9,13-14,16,25H,2-5,10-12H2,1H3,(H,22,23,26)/t16-/m1/s1. The average Bonchev–Trinajstić information content (AvgIpc) is 3.31. The molecule has 2 N–H and O–H groups in total. The van der Waals surface area contributed by atoms with Crippen molar-refractivity contribution in [2.75, 3.05) is 18.2 Å². The predicted molar refractivity (Wildman–Crippen MR) is 112 cm³/mol. The molecule has 1 saturated carbocycles. The maximum absolute atomic E-state index is 13.1. The minimum Gasteiger partial charge on any atom is -0.394 e. The summed E-state index contributed by atoms with van der Waals surface area (Å²) in [4.78, 5) is 13.2. The van der Waals surface area contributed by atoms with E-state index in [2.05, 4.69) is 10.4 Å². The van der Waals surface area contributed by atoms with Gasteiger partial charge in [-0.25, -0.2) is 8.42 Å². The van der Waals surface area contributed by atoms with Crippen LogP contribution in [0.4, 0.5) is 5.82 Å². The molecule has 0 bridgehead atoms. The number of nitrogens with one attached hydrogen (secondary N) is 1. The third kappa shape index (κ3) is 5.58. The highest BCUT2D eigenvalue weighted by Gasteiger charge is 2.28. The number of aliphatic hydroxyl groups is 1. The zero-order chi connectivity index (χ0) is 21.0. The Balaban J connectivity index is 1.85. The van der Waals surface area contributed by atoms with Gasteiger partial charge < -0.3 is 10.4 Å². The summed E-state index contributed by atoms with van der Waals surface area (Å²) in [6.07, 6.45) is 7.98. The Kier molecular flexibility index (Phi) is 6.97. The van der Waals surface area contributed by atoms with Gasteiger partial charge in [0.25, 0.3) is 0 Å². The number of aromatic nitrogens is 2. The molecule has 1 aromatic heterocycles. The predicted octanol–water partition coefficient (Wildman–Crippen LogP) is 3.23. The maximum atomic E-state index is 13.1. The van der Waals surface area contributed by atoms with Gasteiger partial charge >= 0.3 is 0 Å². The molecule has 0 aliphatic heterocycles. The summed E-state index contributed by atoms with van der Waals surface area (Å²) in [5.41, 5.74) is 0.696. The molecule has 3 rings (SSSR count). The second-order valence-electron chi connectivity index (χ2n) is 7.58. The molecule has 29 heavy (non-hydrogen) atoms. The van der Waals surface area contributed by atoms with E-state index in [9.17, 15) is 13.2 Å².